The molecule has 2 aliphatic rings. The highest BCUT2D eigenvalue weighted by molar-refractivity contribution is 14.0. The van der Waals surface area contributed by atoms with Gasteiger partial charge in [-0.3, -0.25) is 4.99 Å². The molecule has 8 heteroatoms. The van der Waals surface area contributed by atoms with E-state index in [9.17, 15) is 8.42 Å². The van der Waals surface area contributed by atoms with Crippen LogP contribution in [0.15, 0.2) is 4.99 Å². The molecule has 0 spiro atoms. The average Bonchev–Trinajstić information content (AvgIpc) is 2.94. The van der Waals surface area contributed by atoms with Crippen molar-refractivity contribution in [3.63, 3.8) is 0 Å². The molecule has 0 bridgehead atoms. The van der Waals surface area contributed by atoms with E-state index in [4.69, 9.17) is 4.99 Å². The summed E-state index contributed by atoms with van der Waals surface area (Å²) in [6.07, 6.45) is 2.42. The van der Waals surface area contributed by atoms with E-state index in [-0.39, 0.29) is 29.7 Å². The maximum atomic E-state index is 12.2. The first kappa shape index (κ1) is 23.0. The zero-order chi connectivity index (χ0) is 17.8. The van der Waals surface area contributed by atoms with Crippen LogP contribution in [0.3, 0.4) is 0 Å². The van der Waals surface area contributed by atoms with Crippen LogP contribution < -0.4 is 5.32 Å². The molecule has 1 atom stereocenters. The summed E-state index contributed by atoms with van der Waals surface area (Å²) in [7, 11) is -3.02. The zero-order valence-electron chi connectivity index (χ0n) is 16.1. The number of likely N-dealkylation sites (tertiary alicyclic amines) is 1. The number of sulfone groups is 1. The van der Waals surface area contributed by atoms with Crippen LogP contribution in [0.2, 0.25) is 0 Å². The van der Waals surface area contributed by atoms with Crippen LogP contribution in [-0.2, 0) is 9.84 Å². The van der Waals surface area contributed by atoms with E-state index in [2.05, 4.69) is 29.0 Å². The number of nitrogens with one attached hydrogen (secondary N) is 1. The lowest BCUT2D eigenvalue weighted by Gasteiger charge is -2.39. The van der Waals surface area contributed by atoms with Gasteiger partial charge in [0.1, 0.15) is 0 Å². The zero-order valence-corrected chi connectivity index (χ0v) is 19.3. The highest BCUT2D eigenvalue weighted by Gasteiger charge is 2.41. The highest BCUT2D eigenvalue weighted by Crippen LogP contribution is 2.24. The molecule has 0 aliphatic carbocycles. The fourth-order valence-electron chi connectivity index (χ4n) is 3.55. The Kier molecular flexibility index (Phi) is 8.93. The van der Waals surface area contributed by atoms with Gasteiger partial charge in [0.25, 0.3) is 0 Å². The molecule has 0 saturated carbocycles. The number of hydrogen-bond acceptors (Lipinski definition) is 4. The van der Waals surface area contributed by atoms with Gasteiger partial charge in [-0.15, -0.1) is 24.0 Å². The quantitative estimate of drug-likeness (QED) is 0.365. The molecule has 0 aromatic heterocycles. The molecule has 2 saturated heterocycles. The minimum absolute atomic E-state index is 0. The van der Waals surface area contributed by atoms with E-state index in [0.29, 0.717) is 19.0 Å². The van der Waals surface area contributed by atoms with Crippen LogP contribution in [0.4, 0.5) is 0 Å². The number of nitrogens with zero attached hydrogens (tertiary/aromatic N) is 3. The molecule has 1 unspecified atom stereocenters. The molecule has 2 heterocycles. The third-order valence-corrected chi connectivity index (χ3v) is 7.62. The molecule has 0 amide bonds. The fraction of sp³-hybridized carbons (Fsp3) is 0.941. The molecule has 0 aromatic carbocycles. The van der Waals surface area contributed by atoms with Gasteiger partial charge in [0.15, 0.2) is 15.8 Å². The number of aliphatic imine (C=N–C) groups is 1. The summed E-state index contributed by atoms with van der Waals surface area (Å²) in [6.45, 7) is 14.1. The lowest BCUT2D eigenvalue weighted by Crippen LogP contribution is -2.57. The van der Waals surface area contributed by atoms with Crippen LogP contribution in [0, 0.1) is 5.92 Å². The Morgan fingerprint density at radius 2 is 2.00 bits per heavy atom. The van der Waals surface area contributed by atoms with E-state index in [0.717, 1.165) is 25.6 Å². The first-order chi connectivity index (χ1) is 11.3. The highest BCUT2D eigenvalue weighted by atomic mass is 127. The minimum Gasteiger partial charge on any atom is -0.357 e. The first-order valence-corrected chi connectivity index (χ1v) is 10.9. The summed E-state index contributed by atoms with van der Waals surface area (Å²) in [5.41, 5.74) is 0. The van der Waals surface area contributed by atoms with Gasteiger partial charge < -0.3 is 15.1 Å². The predicted molar refractivity (Wildman–Crippen MR) is 116 cm³/mol. The lowest BCUT2D eigenvalue weighted by molar-refractivity contribution is 0.325. The first-order valence-electron chi connectivity index (χ1n) is 9.27. The molecule has 1 N–H and O–H groups in total. The van der Waals surface area contributed by atoms with Gasteiger partial charge in [0.2, 0.25) is 0 Å². The van der Waals surface area contributed by atoms with Crippen LogP contribution >= 0.6 is 24.0 Å². The van der Waals surface area contributed by atoms with Crippen LogP contribution in [0.5, 0.6) is 0 Å². The van der Waals surface area contributed by atoms with E-state index < -0.39 is 14.6 Å². The van der Waals surface area contributed by atoms with Gasteiger partial charge in [-0.1, -0.05) is 6.92 Å². The molecule has 25 heavy (non-hydrogen) atoms. The second-order valence-corrected chi connectivity index (χ2v) is 10.4. The predicted octanol–water partition coefficient (Wildman–Crippen LogP) is 1.81. The van der Waals surface area contributed by atoms with Crippen molar-refractivity contribution in [2.45, 2.75) is 45.3 Å². The van der Waals surface area contributed by atoms with E-state index in [1.165, 1.54) is 25.9 Å². The summed E-state index contributed by atoms with van der Waals surface area (Å²) in [5.74, 6) is 1.69. The standard InChI is InChI=1S/C17H34N4O2S.HI/c1-5-8-20-9-7-15(13-20)12-19-16(18-6-2)21-10-11-24(22,23)17(3,4)14-21;/h15H,5-14H2,1-4H3,(H,18,19);1H. The average molecular weight is 486 g/mol. The van der Waals surface area contributed by atoms with Crippen molar-refractivity contribution in [2.24, 2.45) is 10.9 Å². The Hall–Kier alpha value is -0.0900. The smallest absolute Gasteiger partial charge is 0.194 e. The topological polar surface area (TPSA) is 65.0 Å². The van der Waals surface area contributed by atoms with Gasteiger partial charge in [-0.2, -0.15) is 0 Å². The van der Waals surface area contributed by atoms with Crippen molar-refractivity contribution in [2.75, 3.05) is 51.6 Å². The summed E-state index contributed by atoms with van der Waals surface area (Å²) in [4.78, 5) is 9.47. The summed E-state index contributed by atoms with van der Waals surface area (Å²) < 4.78 is 23.7. The fourth-order valence-corrected chi connectivity index (χ4v) is 4.91. The van der Waals surface area contributed by atoms with Crippen LogP contribution in [0.1, 0.15) is 40.5 Å². The van der Waals surface area contributed by atoms with Gasteiger partial charge in [-0.05, 0) is 52.6 Å². The Bertz CT molecular complexity index is 551. The van der Waals surface area contributed by atoms with Crippen LogP contribution in [0.25, 0.3) is 0 Å². The normalized spacial score (nSPS) is 26.3. The molecular weight excluding hydrogens is 451 g/mol. The van der Waals surface area contributed by atoms with E-state index in [1.54, 1.807) is 0 Å². The van der Waals surface area contributed by atoms with Crippen molar-refractivity contribution < 1.29 is 8.42 Å². The SMILES string of the molecule is CCCN1CCC(CN=C(NCC)N2CCS(=O)(=O)C(C)(C)C2)C1.I. The molecule has 148 valence electrons. The third-order valence-electron chi connectivity index (χ3n) is 5.09. The van der Waals surface area contributed by atoms with E-state index >= 15 is 0 Å². The Morgan fingerprint density at radius 1 is 1.28 bits per heavy atom. The van der Waals surface area contributed by atoms with Crippen molar-refractivity contribution in [3.8, 4) is 0 Å². The summed E-state index contributed by atoms with van der Waals surface area (Å²) in [6, 6.07) is 0. The molecule has 2 fully saturated rings. The Labute approximate surface area is 170 Å². The maximum Gasteiger partial charge on any atom is 0.194 e. The minimum atomic E-state index is -3.02. The van der Waals surface area contributed by atoms with E-state index in [1.807, 2.05) is 13.8 Å². The molecule has 0 aromatic rings. The Morgan fingerprint density at radius 3 is 2.60 bits per heavy atom. The molecule has 6 nitrogen and oxygen atoms in total. The second kappa shape index (κ2) is 9.73. The van der Waals surface area contributed by atoms with Crippen LogP contribution in [-0.4, -0.2) is 80.5 Å². The maximum absolute atomic E-state index is 12.2. The van der Waals surface area contributed by atoms with Gasteiger partial charge in [-0.25, -0.2) is 8.42 Å². The molecular formula is C17H35IN4O2S. The molecule has 2 rings (SSSR count). The number of guanidine groups is 1. The monoisotopic (exact) mass is 486 g/mol. The summed E-state index contributed by atoms with van der Waals surface area (Å²) >= 11 is 0. The van der Waals surface area contributed by atoms with Crippen molar-refractivity contribution in [1.82, 2.24) is 15.1 Å². The number of rotatable bonds is 5. The molecule has 0 radical (unpaired) electrons. The second-order valence-electron chi connectivity index (χ2n) is 7.65. The third kappa shape index (κ3) is 5.95. The molecule has 2 aliphatic heterocycles. The number of halogens is 1. The summed E-state index contributed by atoms with van der Waals surface area (Å²) in [5, 5.41) is 3.35. The van der Waals surface area contributed by atoms with Gasteiger partial charge >= 0.3 is 0 Å². The van der Waals surface area contributed by atoms with Crippen molar-refractivity contribution in [3.05, 3.63) is 0 Å². The Balaban J connectivity index is 0.00000312. The van der Waals surface area contributed by atoms with Gasteiger partial charge in [0, 0.05) is 32.7 Å². The van der Waals surface area contributed by atoms with Crippen molar-refractivity contribution >= 4 is 39.8 Å². The number of hydrogen-bond donors (Lipinski definition) is 1. The van der Waals surface area contributed by atoms with Gasteiger partial charge in [0.05, 0.1) is 10.5 Å². The lowest BCUT2D eigenvalue weighted by atomic mass is 10.1. The largest absolute Gasteiger partial charge is 0.357 e. The van der Waals surface area contributed by atoms with Crippen molar-refractivity contribution in [1.29, 1.82) is 0 Å².